The monoisotopic (exact) mass is 793 g/mol. The van der Waals surface area contributed by atoms with Crippen molar-refractivity contribution >= 4 is 11.9 Å². The zero-order valence-corrected chi connectivity index (χ0v) is 39.1. The minimum Gasteiger partial charge on any atom is -0.462 e. The molecule has 5 fully saturated rings. The molecule has 7 heteroatoms. The van der Waals surface area contributed by atoms with Gasteiger partial charge in [-0.1, -0.05) is 87.8 Å². The summed E-state index contributed by atoms with van der Waals surface area (Å²) in [6.07, 6.45) is 15.0. The largest absolute Gasteiger partial charge is 0.462 e. The lowest BCUT2D eigenvalue weighted by molar-refractivity contribution is -0.212. The van der Waals surface area contributed by atoms with E-state index in [0.29, 0.717) is 35.5 Å². The molecule has 0 radical (unpaired) electrons. The van der Waals surface area contributed by atoms with Crippen molar-refractivity contribution in [1.82, 2.24) is 20.0 Å². The molecule has 1 heterocycles. The molecule has 10 atom stereocenters. The fourth-order valence-corrected chi connectivity index (χ4v) is 15.0. The average Bonchev–Trinajstić information content (AvgIpc) is 3.13. The Morgan fingerprint density at radius 3 is 2.07 bits per heavy atom. The van der Waals surface area contributed by atoms with Gasteiger partial charge in [0.05, 0.1) is 5.41 Å². The van der Waals surface area contributed by atoms with Gasteiger partial charge in [0.2, 0.25) is 5.91 Å². The fraction of sp³-hybridized carbons (Fsp3) is 0.920. The molecule has 1 aliphatic heterocycles. The number of piperazine rings is 1. The average molecular weight is 793 g/mol. The van der Waals surface area contributed by atoms with Gasteiger partial charge in [-0.2, -0.15) is 0 Å². The minimum atomic E-state index is -0.281. The Bertz CT molecular complexity index is 1420. The van der Waals surface area contributed by atoms with Crippen molar-refractivity contribution in [3.8, 4) is 0 Å². The summed E-state index contributed by atoms with van der Waals surface area (Å²) in [6, 6.07) is 0. The van der Waals surface area contributed by atoms with Crippen LogP contribution >= 0.6 is 0 Å². The SMILES string of the molecule is CC(=O)O[C@H]1CC[C@]2(C)[C@H]3CC=C4[C@@H]5[C@@H](C)[C@H](C)CC[C@]5(C(=O)NCCCN5CCN(CCCN(CC(C)C)CC(C)C)CC5)CC[C@@]4(C)[C@]3(C)CC[C@H]2C1(C)C. The molecule has 0 aromatic carbocycles. The first-order chi connectivity index (χ1) is 26.8. The van der Waals surface area contributed by atoms with E-state index in [-0.39, 0.29) is 39.1 Å². The molecule has 0 aromatic heterocycles. The van der Waals surface area contributed by atoms with Crippen molar-refractivity contribution in [2.24, 2.45) is 68.5 Å². The number of carbonyl (C=O) groups excluding carboxylic acids is 2. The molecule has 6 aliphatic rings. The van der Waals surface area contributed by atoms with E-state index in [0.717, 1.165) is 89.4 Å². The van der Waals surface area contributed by atoms with Gasteiger partial charge < -0.3 is 24.8 Å². The number of carbonyl (C=O) groups is 2. The van der Waals surface area contributed by atoms with Gasteiger partial charge in [0.25, 0.3) is 0 Å². The molecule has 0 aromatic rings. The number of nitrogens with one attached hydrogen (secondary N) is 1. The van der Waals surface area contributed by atoms with Crippen molar-refractivity contribution in [2.75, 3.05) is 65.4 Å². The second kappa shape index (κ2) is 17.5. The van der Waals surface area contributed by atoms with Crippen LogP contribution in [0.2, 0.25) is 0 Å². The molecule has 57 heavy (non-hydrogen) atoms. The molecule has 326 valence electrons. The van der Waals surface area contributed by atoms with Gasteiger partial charge in [-0.05, 0) is 148 Å². The van der Waals surface area contributed by atoms with Crippen molar-refractivity contribution in [3.63, 3.8) is 0 Å². The molecule has 5 aliphatic carbocycles. The Hall–Kier alpha value is -1.44. The second-order valence-electron chi connectivity index (χ2n) is 23.0. The Kier molecular flexibility index (Phi) is 13.8. The predicted octanol–water partition coefficient (Wildman–Crippen LogP) is 9.70. The van der Waals surface area contributed by atoms with Crippen LogP contribution in [0, 0.1) is 68.5 Å². The summed E-state index contributed by atoms with van der Waals surface area (Å²) >= 11 is 0. The second-order valence-corrected chi connectivity index (χ2v) is 23.0. The third kappa shape index (κ3) is 8.58. The van der Waals surface area contributed by atoms with Crippen LogP contribution in [0.25, 0.3) is 0 Å². The van der Waals surface area contributed by atoms with E-state index in [1.807, 2.05) is 0 Å². The van der Waals surface area contributed by atoms with Crippen LogP contribution < -0.4 is 5.32 Å². The lowest BCUT2D eigenvalue weighted by Crippen LogP contribution is -2.66. The fourth-order valence-electron chi connectivity index (χ4n) is 15.0. The minimum absolute atomic E-state index is 0.00646. The molecule has 0 unspecified atom stereocenters. The predicted molar refractivity (Wildman–Crippen MR) is 236 cm³/mol. The number of amides is 1. The quantitative estimate of drug-likeness (QED) is 0.107. The maximum Gasteiger partial charge on any atom is 0.302 e. The summed E-state index contributed by atoms with van der Waals surface area (Å²) in [4.78, 5) is 34.8. The summed E-state index contributed by atoms with van der Waals surface area (Å²) in [6.45, 7) is 39.9. The molecule has 1 N–H and O–H groups in total. The van der Waals surface area contributed by atoms with Crippen LogP contribution in [0.1, 0.15) is 154 Å². The first-order valence-electron chi connectivity index (χ1n) is 24.1. The number of ether oxygens (including phenoxy) is 1. The van der Waals surface area contributed by atoms with Crippen LogP contribution in [-0.4, -0.2) is 98.1 Å². The highest BCUT2D eigenvalue weighted by Gasteiger charge is 2.69. The molecule has 7 nitrogen and oxygen atoms in total. The van der Waals surface area contributed by atoms with E-state index in [1.165, 1.54) is 58.5 Å². The third-order valence-corrected chi connectivity index (χ3v) is 18.3. The van der Waals surface area contributed by atoms with E-state index in [4.69, 9.17) is 4.74 Å². The maximum atomic E-state index is 14.7. The molecule has 6 rings (SSSR count). The smallest absolute Gasteiger partial charge is 0.302 e. The number of nitrogens with zero attached hydrogens (tertiary/aromatic N) is 3. The van der Waals surface area contributed by atoms with E-state index >= 15 is 0 Å². The highest BCUT2D eigenvalue weighted by atomic mass is 16.5. The highest BCUT2D eigenvalue weighted by molar-refractivity contribution is 5.84. The van der Waals surface area contributed by atoms with E-state index in [1.54, 1.807) is 12.5 Å². The van der Waals surface area contributed by atoms with E-state index in [9.17, 15) is 9.59 Å². The van der Waals surface area contributed by atoms with Crippen molar-refractivity contribution in [1.29, 1.82) is 0 Å². The summed E-state index contributed by atoms with van der Waals surface area (Å²) < 4.78 is 5.99. The summed E-state index contributed by atoms with van der Waals surface area (Å²) in [7, 11) is 0. The number of hydrogen-bond donors (Lipinski definition) is 1. The van der Waals surface area contributed by atoms with Gasteiger partial charge in [0.1, 0.15) is 6.10 Å². The number of rotatable bonds is 14. The molecule has 0 bridgehead atoms. The van der Waals surface area contributed by atoms with Crippen molar-refractivity contribution < 1.29 is 14.3 Å². The standard InChI is InChI=1S/C50H88N4O3/c1-35(2)33-54(34-36(3)4)28-14-27-53-31-29-52(30-32-53)26-13-25-51-45(56)50-22-17-37(5)38(6)44(50)40-15-16-42-47(10)20-19-43(57-39(7)55)46(8,9)41(47)18-21-49(42,12)48(40,11)23-24-50/h15,35-38,41-44H,13-14,16-34H2,1-12H3,(H,51,56)/t37-,38+,41+,42-,43+,44+,47+,48-,49-,50+/m1/s1. The van der Waals surface area contributed by atoms with Gasteiger partial charge in [0.15, 0.2) is 0 Å². The highest BCUT2D eigenvalue weighted by Crippen LogP contribution is 2.76. The molecule has 4 saturated carbocycles. The first kappa shape index (κ1) is 45.1. The number of fused-ring (bicyclic) bond motifs is 7. The van der Waals surface area contributed by atoms with Gasteiger partial charge in [0, 0.05) is 58.2 Å². The summed E-state index contributed by atoms with van der Waals surface area (Å²) in [5, 5.41) is 3.59. The molecule has 1 amide bonds. The van der Waals surface area contributed by atoms with Crippen LogP contribution in [0.3, 0.4) is 0 Å². The van der Waals surface area contributed by atoms with Gasteiger partial charge in [-0.15, -0.1) is 0 Å². The number of allylic oxidation sites excluding steroid dienone is 2. The van der Waals surface area contributed by atoms with Crippen LogP contribution in [0.5, 0.6) is 0 Å². The Morgan fingerprint density at radius 1 is 0.825 bits per heavy atom. The third-order valence-electron chi connectivity index (χ3n) is 18.3. The Balaban J connectivity index is 1.06. The lowest BCUT2D eigenvalue weighted by Gasteiger charge is -2.71. The lowest BCUT2D eigenvalue weighted by atomic mass is 9.33. The first-order valence-corrected chi connectivity index (χ1v) is 24.1. The Labute approximate surface area is 350 Å². The van der Waals surface area contributed by atoms with Gasteiger partial charge in [-0.3, -0.25) is 9.59 Å². The zero-order chi connectivity index (χ0) is 41.6. The van der Waals surface area contributed by atoms with Crippen LogP contribution in [0.15, 0.2) is 11.6 Å². The number of esters is 1. The van der Waals surface area contributed by atoms with Crippen molar-refractivity contribution in [2.45, 2.75) is 160 Å². The molecular formula is C50H88N4O3. The van der Waals surface area contributed by atoms with E-state index in [2.05, 4.69) is 102 Å². The topological polar surface area (TPSA) is 65.1 Å². The maximum absolute atomic E-state index is 14.7. The molecule has 1 saturated heterocycles. The summed E-state index contributed by atoms with van der Waals surface area (Å²) in [5.41, 5.74) is 1.85. The molecule has 0 spiro atoms. The van der Waals surface area contributed by atoms with Crippen LogP contribution in [-0.2, 0) is 14.3 Å². The number of hydrogen-bond acceptors (Lipinski definition) is 6. The molecular weight excluding hydrogens is 705 g/mol. The zero-order valence-electron chi connectivity index (χ0n) is 39.1. The Morgan fingerprint density at radius 2 is 1.46 bits per heavy atom. The normalized spacial score (nSPS) is 39.5. The van der Waals surface area contributed by atoms with E-state index < -0.39 is 0 Å². The van der Waals surface area contributed by atoms with Crippen molar-refractivity contribution in [3.05, 3.63) is 11.6 Å². The van der Waals surface area contributed by atoms with Crippen LogP contribution in [0.4, 0.5) is 0 Å². The summed E-state index contributed by atoms with van der Waals surface area (Å²) in [5.74, 6) is 4.28. The van der Waals surface area contributed by atoms with Gasteiger partial charge in [-0.25, -0.2) is 0 Å². The van der Waals surface area contributed by atoms with Gasteiger partial charge >= 0.3 is 5.97 Å².